The summed E-state index contributed by atoms with van der Waals surface area (Å²) >= 11 is 0. The average Bonchev–Trinajstić information content (AvgIpc) is 2.24. The largest absolute Gasteiger partial charge is 0.399 e. The minimum atomic E-state index is 0.735. The van der Waals surface area contributed by atoms with Crippen molar-refractivity contribution in [3.63, 3.8) is 0 Å². The van der Waals surface area contributed by atoms with Crippen molar-refractivity contribution in [1.29, 1.82) is 0 Å². The van der Waals surface area contributed by atoms with Gasteiger partial charge in [-0.2, -0.15) is 0 Å². The van der Waals surface area contributed by atoms with Crippen molar-refractivity contribution in [2.24, 2.45) is 0 Å². The molecule has 0 bridgehead atoms. The van der Waals surface area contributed by atoms with Crippen molar-refractivity contribution in [2.45, 2.75) is 13.8 Å². The van der Waals surface area contributed by atoms with E-state index in [2.05, 4.69) is 15.3 Å². The molecule has 0 fully saturated rings. The van der Waals surface area contributed by atoms with Crippen LogP contribution in [0.3, 0.4) is 0 Å². The maximum atomic E-state index is 5.74. The van der Waals surface area contributed by atoms with Crippen LogP contribution in [-0.2, 0) is 0 Å². The molecule has 82 valence electrons. The first kappa shape index (κ1) is 10.4. The van der Waals surface area contributed by atoms with Gasteiger partial charge in [-0.05, 0) is 31.5 Å². The van der Waals surface area contributed by atoms with Crippen LogP contribution in [-0.4, -0.2) is 9.97 Å². The molecular weight excluding hydrogens is 200 g/mol. The third-order valence-corrected chi connectivity index (χ3v) is 2.33. The fraction of sp³-hybridized carbons (Fsp3) is 0.167. The molecule has 0 atom stereocenters. The number of nitrogens with zero attached hydrogens (tertiary/aromatic N) is 2. The van der Waals surface area contributed by atoms with Crippen LogP contribution in [0, 0.1) is 13.8 Å². The maximum Gasteiger partial charge on any atom is 0.133 e. The Balaban J connectivity index is 2.30. The van der Waals surface area contributed by atoms with Gasteiger partial charge in [0.2, 0.25) is 0 Å². The summed E-state index contributed by atoms with van der Waals surface area (Å²) in [5, 5.41) is 3.22. The molecule has 2 aromatic rings. The number of anilines is 3. The highest BCUT2D eigenvalue weighted by Gasteiger charge is 2.00. The lowest BCUT2D eigenvalue weighted by Crippen LogP contribution is -1.98. The predicted molar refractivity (Wildman–Crippen MR) is 65.6 cm³/mol. The summed E-state index contributed by atoms with van der Waals surface area (Å²) in [6.45, 7) is 3.95. The van der Waals surface area contributed by atoms with Crippen molar-refractivity contribution in [3.05, 3.63) is 41.9 Å². The van der Waals surface area contributed by atoms with Gasteiger partial charge in [0.15, 0.2) is 0 Å². The van der Waals surface area contributed by atoms with E-state index in [9.17, 15) is 0 Å². The Bertz CT molecular complexity index is 508. The molecule has 4 heteroatoms. The third kappa shape index (κ3) is 2.28. The summed E-state index contributed by atoms with van der Waals surface area (Å²) in [7, 11) is 0. The number of nitrogen functional groups attached to an aromatic ring is 1. The molecule has 3 N–H and O–H groups in total. The van der Waals surface area contributed by atoms with Gasteiger partial charge in [0.1, 0.15) is 12.1 Å². The highest BCUT2D eigenvalue weighted by molar-refractivity contribution is 5.65. The summed E-state index contributed by atoms with van der Waals surface area (Å²) in [6, 6.07) is 7.65. The van der Waals surface area contributed by atoms with Crippen LogP contribution in [0.1, 0.15) is 11.3 Å². The lowest BCUT2D eigenvalue weighted by atomic mass is 10.2. The number of nitrogens with one attached hydrogen (secondary N) is 1. The zero-order valence-corrected chi connectivity index (χ0v) is 9.36. The van der Waals surface area contributed by atoms with Crippen molar-refractivity contribution in [1.82, 2.24) is 9.97 Å². The van der Waals surface area contributed by atoms with E-state index in [0.29, 0.717) is 0 Å². The van der Waals surface area contributed by atoms with Crippen LogP contribution in [0.15, 0.2) is 30.6 Å². The molecule has 1 aromatic carbocycles. The zero-order chi connectivity index (χ0) is 11.5. The molecule has 0 unspecified atom stereocenters. The first-order chi connectivity index (χ1) is 7.65. The fourth-order valence-electron chi connectivity index (χ4n) is 1.44. The number of rotatable bonds is 2. The van der Waals surface area contributed by atoms with Gasteiger partial charge in [-0.1, -0.05) is 6.07 Å². The van der Waals surface area contributed by atoms with E-state index < -0.39 is 0 Å². The number of benzene rings is 1. The molecule has 2 rings (SSSR count). The Morgan fingerprint density at radius 3 is 2.69 bits per heavy atom. The van der Waals surface area contributed by atoms with Crippen LogP contribution in [0.5, 0.6) is 0 Å². The monoisotopic (exact) mass is 214 g/mol. The molecule has 0 saturated heterocycles. The molecule has 1 aromatic heterocycles. The van der Waals surface area contributed by atoms with Crippen LogP contribution in [0.2, 0.25) is 0 Å². The van der Waals surface area contributed by atoms with Gasteiger partial charge in [-0.15, -0.1) is 0 Å². The van der Waals surface area contributed by atoms with E-state index in [1.54, 1.807) is 6.33 Å². The number of nitrogens with two attached hydrogens (primary N) is 1. The van der Waals surface area contributed by atoms with Gasteiger partial charge >= 0.3 is 0 Å². The molecule has 0 amide bonds. The Morgan fingerprint density at radius 1 is 1.12 bits per heavy atom. The van der Waals surface area contributed by atoms with Crippen molar-refractivity contribution < 1.29 is 0 Å². The summed E-state index contributed by atoms with van der Waals surface area (Å²) < 4.78 is 0. The van der Waals surface area contributed by atoms with Crippen LogP contribution in [0.4, 0.5) is 17.2 Å². The minimum Gasteiger partial charge on any atom is -0.399 e. The smallest absolute Gasteiger partial charge is 0.133 e. The third-order valence-electron chi connectivity index (χ3n) is 2.33. The second-order valence-corrected chi connectivity index (χ2v) is 3.74. The molecule has 0 aliphatic rings. The maximum absolute atomic E-state index is 5.74. The lowest BCUT2D eigenvalue weighted by molar-refractivity contribution is 1.10. The zero-order valence-electron chi connectivity index (χ0n) is 9.36. The average molecular weight is 214 g/mol. The van der Waals surface area contributed by atoms with Gasteiger partial charge in [0, 0.05) is 23.1 Å². The van der Waals surface area contributed by atoms with Crippen molar-refractivity contribution in [3.8, 4) is 0 Å². The Hall–Kier alpha value is -2.10. The van der Waals surface area contributed by atoms with Gasteiger partial charge in [0.25, 0.3) is 0 Å². The van der Waals surface area contributed by atoms with Gasteiger partial charge in [-0.3, -0.25) is 0 Å². The highest BCUT2D eigenvalue weighted by atomic mass is 15.0. The SMILES string of the molecule is Cc1cc(Nc2cc(N)ccc2C)ncn1. The summed E-state index contributed by atoms with van der Waals surface area (Å²) in [5.74, 6) is 0.779. The fourth-order valence-corrected chi connectivity index (χ4v) is 1.44. The lowest BCUT2D eigenvalue weighted by Gasteiger charge is -2.09. The van der Waals surface area contributed by atoms with Crippen LogP contribution in [0.25, 0.3) is 0 Å². The van der Waals surface area contributed by atoms with Crippen molar-refractivity contribution >= 4 is 17.2 Å². The Kier molecular flexibility index (Phi) is 2.72. The van der Waals surface area contributed by atoms with Gasteiger partial charge in [0.05, 0.1) is 0 Å². The van der Waals surface area contributed by atoms with Gasteiger partial charge < -0.3 is 11.1 Å². The van der Waals surface area contributed by atoms with Crippen molar-refractivity contribution in [2.75, 3.05) is 11.1 Å². The van der Waals surface area contributed by atoms with E-state index in [1.165, 1.54) is 0 Å². The summed E-state index contributed by atoms with van der Waals surface area (Å²) in [6.07, 6.45) is 1.54. The molecule has 0 spiro atoms. The first-order valence-corrected chi connectivity index (χ1v) is 5.07. The van der Waals surface area contributed by atoms with E-state index in [0.717, 1.165) is 28.5 Å². The highest BCUT2D eigenvalue weighted by Crippen LogP contribution is 2.21. The first-order valence-electron chi connectivity index (χ1n) is 5.07. The van der Waals surface area contributed by atoms with Crippen LogP contribution >= 0.6 is 0 Å². The van der Waals surface area contributed by atoms with E-state index in [-0.39, 0.29) is 0 Å². The molecule has 4 nitrogen and oxygen atoms in total. The Morgan fingerprint density at radius 2 is 1.94 bits per heavy atom. The summed E-state index contributed by atoms with van der Waals surface area (Å²) in [5.41, 5.74) is 9.50. The number of hydrogen-bond donors (Lipinski definition) is 2. The normalized spacial score (nSPS) is 10.1. The second kappa shape index (κ2) is 4.18. The number of hydrogen-bond acceptors (Lipinski definition) is 4. The van der Waals surface area contributed by atoms with E-state index in [4.69, 9.17) is 5.73 Å². The number of aryl methyl sites for hydroxylation is 2. The molecule has 1 heterocycles. The van der Waals surface area contributed by atoms with E-state index in [1.807, 2.05) is 38.1 Å². The predicted octanol–water partition coefficient (Wildman–Crippen LogP) is 2.42. The van der Waals surface area contributed by atoms with Gasteiger partial charge in [-0.25, -0.2) is 9.97 Å². The van der Waals surface area contributed by atoms with E-state index >= 15 is 0 Å². The standard InChI is InChI=1S/C12H14N4/c1-8-3-4-10(13)6-11(8)16-12-5-9(2)14-7-15-12/h3-7H,13H2,1-2H3,(H,14,15,16). The molecule has 0 radical (unpaired) electrons. The molecule has 0 aliphatic heterocycles. The number of aromatic nitrogens is 2. The topological polar surface area (TPSA) is 63.8 Å². The summed E-state index contributed by atoms with van der Waals surface area (Å²) in [4.78, 5) is 8.19. The quantitative estimate of drug-likeness (QED) is 0.753. The Labute approximate surface area is 94.5 Å². The molecular formula is C12H14N4. The minimum absolute atomic E-state index is 0.735. The molecule has 0 saturated carbocycles. The molecule has 0 aliphatic carbocycles. The van der Waals surface area contributed by atoms with Crippen LogP contribution < -0.4 is 11.1 Å². The molecule has 16 heavy (non-hydrogen) atoms. The second-order valence-electron chi connectivity index (χ2n) is 3.74.